The van der Waals surface area contributed by atoms with Gasteiger partial charge in [0, 0.05) is 25.7 Å². The van der Waals surface area contributed by atoms with E-state index in [1.807, 2.05) is 0 Å². The fourth-order valence-corrected chi connectivity index (χ4v) is 4.02. The van der Waals surface area contributed by atoms with E-state index in [4.69, 9.17) is 0 Å². The van der Waals surface area contributed by atoms with Gasteiger partial charge in [0.15, 0.2) is 0 Å². The Hall–Kier alpha value is -2.15. The molecule has 0 saturated carbocycles. The second kappa shape index (κ2) is 9.17. The summed E-state index contributed by atoms with van der Waals surface area (Å²) in [7, 11) is 1.68. The van der Waals surface area contributed by atoms with Gasteiger partial charge in [0.25, 0.3) is 5.69 Å². The molecule has 0 bridgehead atoms. The highest BCUT2D eigenvalue weighted by Crippen LogP contribution is 2.35. The van der Waals surface area contributed by atoms with Crippen LogP contribution in [0.15, 0.2) is 18.2 Å². The fraction of sp³-hybridized carbons (Fsp3) is 0.650. The van der Waals surface area contributed by atoms with Crippen molar-refractivity contribution in [3.63, 3.8) is 0 Å². The molecule has 0 unspecified atom stereocenters. The number of non-ortho nitro benzene ring substituents is 1. The van der Waals surface area contributed by atoms with Crippen LogP contribution in [0.1, 0.15) is 44.9 Å². The van der Waals surface area contributed by atoms with Gasteiger partial charge in [0.2, 0.25) is 5.91 Å². The maximum atomic E-state index is 12.3. The zero-order valence-corrected chi connectivity index (χ0v) is 16.2. The Kier molecular flexibility index (Phi) is 6.66. The van der Waals surface area contributed by atoms with Crippen LogP contribution in [0.2, 0.25) is 0 Å². The van der Waals surface area contributed by atoms with Crippen LogP contribution in [0.25, 0.3) is 0 Å². The molecule has 0 radical (unpaired) electrons. The summed E-state index contributed by atoms with van der Waals surface area (Å²) in [4.78, 5) is 29.1. The molecular formula is C20H30N4O3. The van der Waals surface area contributed by atoms with Crippen LogP contribution >= 0.6 is 0 Å². The molecule has 1 aromatic carbocycles. The molecule has 1 amide bonds. The molecule has 1 aromatic rings. The van der Waals surface area contributed by atoms with Gasteiger partial charge in [-0.25, -0.2) is 0 Å². The SMILES string of the molecule is CN1C(=O)CN(CCCCCN2CCCCCC2)c2ccc([N+](=O)[O-])cc21. The molecule has 2 heterocycles. The van der Waals surface area contributed by atoms with Crippen LogP contribution < -0.4 is 9.80 Å². The van der Waals surface area contributed by atoms with Gasteiger partial charge in [-0.2, -0.15) is 0 Å². The molecule has 0 spiro atoms. The van der Waals surface area contributed by atoms with Crippen molar-refractivity contribution in [1.29, 1.82) is 0 Å². The highest BCUT2D eigenvalue weighted by atomic mass is 16.6. The molecule has 7 heteroatoms. The number of carbonyl (C=O) groups excluding carboxylic acids is 1. The highest BCUT2D eigenvalue weighted by molar-refractivity contribution is 6.03. The summed E-state index contributed by atoms with van der Waals surface area (Å²) in [5.74, 6) is -0.0208. The molecule has 148 valence electrons. The average molecular weight is 374 g/mol. The Bertz CT molecular complexity index is 671. The molecule has 1 fully saturated rings. The average Bonchev–Trinajstić information content (AvgIpc) is 2.93. The van der Waals surface area contributed by atoms with Gasteiger partial charge in [-0.3, -0.25) is 14.9 Å². The second-order valence-corrected chi connectivity index (χ2v) is 7.62. The standard InChI is InChI=1S/C20H30N4O3/c1-21-19-15-17(24(26)27)9-10-18(19)23(16-20(21)25)14-8-4-7-13-22-11-5-2-3-6-12-22/h9-10,15H,2-8,11-14,16H2,1H3. The fourth-order valence-electron chi connectivity index (χ4n) is 4.02. The molecule has 1 saturated heterocycles. The number of likely N-dealkylation sites (N-methyl/N-ethyl adjacent to an activating group) is 1. The van der Waals surface area contributed by atoms with Gasteiger partial charge in [-0.05, 0) is 51.4 Å². The van der Waals surface area contributed by atoms with Crippen LogP contribution in [0.5, 0.6) is 0 Å². The summed E-state index contributed by atoms with van der Waals surface area (Å²) in [6.07, 6.45) is 8.74. The van der Waals surface area contributed by atoms with E-state index in [0.29, 0.717) is 12.2 Å². The molecule has 0 aromatic heterocycles. The first-order valence-corrected chi connectivity index (χ1v) is 10.1. The number of fused-ring (bicyclic) bond motifs is 1. The Labute approximate surface area is 161 Å². The Morgan fingerprint density at radius 1 is 1.00 bits per heavy atom. The number of hydrogen-bond acceptors (Lipinski definition) is 5. The van der Waals surface area contributed by atoms with E-state index in [9.17, 15) is 14.9 Å². The number of nitro groups is 1. The first-order chi connectivity index (χ1) is 13.1. The number of hydrogen-bond donors (Lipinski definition) is 0. The van der Waals surface area contributed by atoms with Crippen molar-refractivity contribution in [2.45, 2.75) is 44.9 Å². The minimum atomic E-state index is -0.416. The smallest absolute Gasteiger partial charge is 0.271 e. The molecule has 0 N–H and O–H groups in total. The van der Waals surface area contributed by atoms with E-state index in [1.54, 1.807) is 13.1 Å². The van der Waals surface area contributed by atoms with E-state index in [-0.39, 0.29) is 11.6 Å². The largest absolute Gasteiger partial charge is 0.361 e. The number of unbranched alkanes of at least 4 members (excludes halogenated alkanes) is 2. The van der Waals surface area contributed by atoms with Crippen molar-refractivity contribution in [2.24, 2.45) is 0 Å². The molecule has 2 aliphatic heterocycles. The number of amides is 1. The third-order valence-corrected chi connectivity index (χ3v) is 5.67. The first-order valence-electron chi connectivity index (χ1n) is 10.1. The lowest BCUT2D eigenvalue weighted by atomic mass is 10.1. The summed E-state index contributed by atoms with van der Waals surface area (Å²) in [6.45, 7) is 4.79. The molecule has 27 heavy (non-hydrogen) atoms. The molecular weight excluding hydrogens is 344 g/mol. The predicted molar refractivity (Wildman–Crippen MR) is 107 cm³/mol. The topological polar surface area (TPSA) is 69.9 Å². The minimum absolute atomic E-state index is 0.0208. The molecule has 0 atom stereocenters. The lowest BCUT2D eigenvalue weighted by Gasteiger charge is -2.35. The van der Waals surface area contributed by atoms with Crippen molar-refractivity contribution in [2.75, 3.05) is 49.6 Å². The monoisotopic (exact) mass is 374 g/mol. The predicted octanol–water partition coefficient (Wildman–Crippen LogP) is 3.42. The Morgan fingerprint density at radius 3 is 2.41 bits per heavy atom. The van der Waals surface area contributed by atoms with Crippen LogP contribution in [0.3, 0.4) is 0 Å². The molecule has 0 aliphatic carbocycles. The Morgan fingerprint density at radius 2 is 1.70 bits per heavy atom. The van der Waals surface area contributed by atoms with Crippen LogP contribution in [-0.2, 0) is 4.79 Å². The normalized spacial score (nSPS) is 18.3. The molecule has 2 aliphatic rings. The van der Waals surface area contributed by atoms with E-state index in [2.05, 4.69) is 9.80 Å². The number of anilines is 2. The lowest BCUT2D eigenvalue weighted by Crippen LogP contribution is -2.44. The highest BCUT2D eigenvalue weighted by Gasteiger charge is 2.28. The number of nitrogens with zero attached hydrogens (tertiary/aromatic N) is 4. The van der Waals surface area contributed by atoms with E-state index < -0.39 is 4.92 Å². The van der Waals surface area contributed by atoms with Crippen LogP contribution in [-0.4, -0.2) is 55.5 Å². The van der Waals surface area contributed by atoms with Gasteiger partial charge in [0.1, 0.15) is 0 Å². The summed E-state index contributed by atoms with van der Waals surface area (Å²) < 4.78 is 0. The first kappa shape index (κ1) is 19.6. The zero-order valence-electron chi connectivity index (χ0n) is 16.2. The van der Waals surface area contributed by atoms with Crippen molar-refractivity contribution in [3.05, 3.63) is 28.3 Å². The number of rotatable bonds is 7. The Balaban J connectivity index is 1.52. The van der Waals surface area contributed by atoms with Crippen molar-refractivity contribution < 1.29 is 9.72 Å². The van der Waals surface area contributed by atoms with Gasteiger partial charge >= 0.3 is 0 Å². The lowest BCUT2D eigenvalue weighted by molar-refractivity contribution is -0.384. The quantitative estimate of drug-likeness (QED) is 0.415. The maximum Gasteiger partial charge on any atom is 0.271 e. The number of carbonyl (C=O) groups is 1. The van der Waals surface area contributed by atoms with E-state index in [1.165, 1.54) is 68.8 Å². The van der Waals surface area contributed by atoms with Crippen molar-refractivity contribution in [1.82, 2.24) is 4.90 Å². The van der Waals surface area contributed by atoms with Gasteiger partial charge < -0.3 is 14.7 Å². The van der Waals surface area contributed by atoms with E-state index in [0.717, 1.165) is 25.1 Å². The third kappa shape index (κ3) is 4.97. The van der Waals surface area contributed by atoms with Crippen molar-refractivity contribution >= 4 is 23.0 Å². The number of benzene rings is 1. The minimum Gasteiger partial charge on any atom is -0.361 e. The van der Waals surface area contributed by atoms with Crippen LogP contribution in [0.4, 0.5) is 17.1 Å². The number of likely N-dealkylation sites (tertiary alicyclic amines) is 1. The summed E-state index contributed by atoms with van der Waals surface area (Å²) >= 11 is 0. The summed E-state index contributed by atoms with van der Waals surface area (Å²) in [5.41, 5.74) is 1.56. The molecule has 3 rings (SSSR count). The van der Waals surface area contributed by atoms with Crippen LogP contribution in [0, 0.1) is 10.1 Å². The third-order valence-electron chi connectivity index (χ3n) is 5.67. The van der Waals surface area contributed by atoms with Gasteiger partial charge in [-0.1, -0.05) is 19.3 Å². The zero-order chi connectivity index (χ0) is 19.2. The number of nitro benzene ring substituents is 1. The maximum absolute atomic E-state index is 12.3. The summed E-state index contributed by atoms with van der Waals surface area (Å²) in [5, 5.41) is 11.0. The second-order valence-electron chi connectivity index (χ2n) is 7.62. The van der Waals surface area contributed by atoms with E-state index >= 15 is 0 Å². The van der Waals surface area contributed by atoms with Crippen molar-refractivity contribution in [3.8, 4) is 0 Å². The van der Waals surface area contributed by atoms with Gasteiger partial charge in [-0.15, -0.1) is 0 Å². The summed E-state index contributed by atoms with van der Waals surface area (Å²) in [6, 6.07) is 4.79. The molecule has 7 nitrogen and oxygen atoms in total. The van der Waals surface area contributed by atoms with Gasteiger partial charge in [0.05, 0.1) is 22.8 Å².